The number of nitrogens with zero attached hydrogens (tertiary/aromatic N) is 3. The monoisotopic (exact) mass is 207 g/mol. The van der Waals surface area contributed by atoms with E-state index >= 15 is 0 Å². The summed E-state index contributed by atoms with van der Waals surface area (Å²) < 4.78 is 0. The van der Waals surface area contributed by atoms with Crippen LogP contribution >= 0.6 is 11.6 Å². The molecule has 0 radical (unpaired) electrons. The maximum Gasteiger partial charge on any atom is 0.230 e. The lowest BCUT2D eigenvalue weighted by Crippen LogP contribution is -1.99. The van der Waals surface area contributed by atoms with Crippen molar-refractivity contribution in [1.29, 1.82) is 0 Å². The Kier molecular flexibility index (Phi) is 3.49. The number of pyridine rings is 1. The average Bonchev–Trinajstić information content (AvgIpc) is 2.14. The van der Waals surface area contributed by atoms with Crippen LogP contribution in [-0.2, 0) is 0 Å². The second kappa shape index (κ2) is 4.64. The molecule has 0 bridgehead atoms. The molecular formula is C10H10ClN3. The minimum absolute atomic E-state index is 0.251. The molecule has 3 nitrogen and oxygen atoms in total. The molecule has 0 fully saturated rings. The van der Waals surface area contributed by atoms with Crippen LogP contribution in [0.3, 0.4) is 0 Å². The Labute approximate surface area is 88.5 Å². The van der Waals surface area contributed by atoms with Crippen LogP contribution < -0.4 is 0 Å². The smallest absolute Gasteiger partial charge is 0.230 e. The van der Waals surface area contributed by atoms with Crippen LogP contribution in [0.5, 0.6) is 0 Å². The SMILES string of the molecule is [C-]#[N+]c1c(/C=C/N(C)C)ccnc1Cl. The van der Waals surface area contributed by atoms with E-state index in [1.165, 1.54) is 0 Å². The van der Waals surface area contributed by atoms with Crippen molar-refractivity contribution in [3.8, 4) is 0 Å². The molecule has 1 aromatic rings. The van der Waals surface area contributed by atoms with Crippen LogP contribution in [0.2, 0.25) is 5.15 Å². The van der Waals surface area contributed by atoms with Crippen molar-refractivity contribution < 1.29 is 0 Å². The van der Waals surface area contributed by atoms with Gasteiger partial charge in [0.05, 0.1) is 6.57 Å². The van der Waals surface area contributed by atoms with Gasteiger partial charge in [0, 0.05) is 20.3 Å². The molecule has 0 aromatic carbocycles. The molecule has 0 saturated heterocycles. The fraction of sp³-hybridized carbons (Fsp3) is 0.200. The van der Waals surface area contributed by atoms with E-state index in [1.807, 2.05) is 31.3 Å². The zero-order chi connectivity index (χ0) is 10.6. The van der Waals surface area contributed by atoms with Gasteiger partial charge in [0.15, 0.2) is 0 Å². The first-order chi connectivity index (χ1) is 6.65. The van der Waals surface area contributed by atoms with Crippen LogP contribution in [0.4, 0.5) is 5.69 Å². The summed E-state index contributed by atoms with van der Waals surface area (Å²) >= 11 is 5.77. The van der Waals surface area contributed by atoms with E-state index in [4.69, 9.17) is 18.2 Å². The van der Waals surface area contributed by atoms with Gasteiger partial charge in [-0.05, 0) is 23.9 Å². The quantitative estimate of drug-likeness (QED) is 0.549. The number of hydrogen-bond acceptors (Lipinski definition) is 2. The molecule has 0 atom stereocenters. The molecular weight excluding hydrogens is 198 g/mol. The van der Waals surface area contributed by atoms with Crippen molar-refractivity contribution >= 4 is 23.4 Å². The molecule has 0 aliphatic carbocycles. The molecule has 1 heterocycles. The van der Waals surface area contributed by atoms with E-state index in [2.05, 4.69) is 9.83 Å². The van der Waals surface area contributed by atoms with Crippen molar-refractivity contribution in [3.63, 3.8) is 0 Å². The van der Waals surface area contributed by atoms with Crippen molar-refractivity contribution in [2.75, 3.05) is 14.1 Å². The number of aromatic nitrogens is 1. The first kappa shape index (κ1) is 10.6. The van der Waals surface area contributed by atoms with Gasteiger partial charge < -0.3 is 4.90 Å². The molecule has 4 heteroatoms. The Bertz CT molecular complexity index is 391. The maximum atomic E-state index is 6.96. The molecule has 0 spiro atoms. The minimum Gasteiger partial charge on any atom is -0.384 e. The average molecular weight is 208 g/mol. The molecule has 0 aliphatic rings. The Morgan fingerprint density at radius 3 is 2.86 bits per heavy atom. The van der Waals surface area contributed by atoms with Gasteiger partial charge in [-0.2, -0.15) is 0 Å². The van der Waals surface area contributed by atoms with Crippen LogP contribution in [0.15, 0.2) is 18.5 Å². The Morgan fingerprint density at radius 1 is 1.57 bits per heavy atom. The van der Waals surface area contributed by atoms with Crippen LogP contribution in [0.1, 0.15) is 5.56 Å². The summed E-state index contributed by atoms with van der Waals surface area (Å²) in [5.74, 6) is 0. The predicted molar refractivity (Wildman–Crippen MR) is 58.2 cm³/mol. The first-order valence-electron chi connectivity index (χ1n) is 4.01. The largest absolute Gasteiger partial charge is 0.384 e. The highest BCUT2D eigenvalue weighted by Gasteiger charge is 2.04. The topological polar surface area (TPSA) is 20.5 Å². The third-order valence-electron chi connectivity index (χ3n) is 1.57. The molecule has 14 heavy (non-hydrogen) atoms. The van der Waals surface area contributed by atoms with Gasteiger partial charge >= 0.3 is 0 Å². The summed E-state index contributed by atoms with van der Waals surface area (Å²) in [5.41, 5.74) is 1.18. The zero-order valence-electron chi connectivity index (χ0n) is 8.03. The van der Waals surface area contributed by atoms with Crippen molar-refractivity contribution in [1.82, 2.24) is 9.88 Å². The van der Waals surface area contributed by atoms with E-state index in [-0.39, 0.29) is 5.15 Å². The summed E-state index contributed by atoms with van der Waals surface area (Å²) in [4.78, 5) is 9.07. The molecule has 0 aliphatic heterocycles. The fourth-order valence-electron chi connectivity index (χ4n) is 0.917. The zero-order valence-corrected chi connectivity index (χ0v) is 8.78. The van der Waals surface area contributed by atoms with Crippen molar-refractivity contribution in [2.24, 2.45) is 0 Å². The Hall–Kier alpha value is -1.53. The summed E-state index contributed by atoms with van der Waals surface area (Å²) in [6, 6.07) is 1.76. The number of hydrogen-bond donors (Lipinski definition) is 0. The lowest BCUT2D eigenvalue weighted by molar-refractivity contribution is 0.567. The second-order valence-electron chi connectivity index (χ2n) is 2.93. The van der Waals surface area contributed by atoms with Crippen molar-refractivity contribution in [2.45, 2.75) is 0 Å². The summed E-state index contributed by atoms with van der Waals surface area (Å²) in [6.45, 7) is 6.96. The third-order valence-corrected chi connectivity index (χ3v) is 1.85. The van der Waals surface area contributed by atoms with Gasteiger partial charge in [-0.1, -0.05) is 11.6 Å². The summed E-state index contributed by atoms with van der Waals surface area (Å²) in [5, 5.41) is 0.251. The standard InChI is InChI=1S/C10H10ClN3/c1-12-9-8(5-7-14(2)3)4-6-13-10(9)11/h4-7H,2-3H3/b7-5+. The number of halogens is 1. The van der Waals surface area contributed by atoms with E-state index in [0.717, 1.165) is 5.56 Å². The van der Waals surface area contributed by atoms with Gasteiger partial charge in [0.2, 0.25) is 5.69 Å². The predicted octanol–water partition coefficient (Wildman–Crippen LogP) is 2.82. The normalized spacial score (nSPS) is 10.1. The summed E-state index contributed by atoms with van der Waals surface area (Å²) in [7, 11) is 3.83. The van der Waals surface area contributed by atoms with Gasteiger partial charge in [-0.15, -0.1) is 0 Å². The van der Waals surface area contributed by atoms with Crippen LogP contribution in [0.25, 0.3) is 10.9 Å². The van der Waals surface area contributed by atoms with E-state index in [1.54, 1.807) is 12.3 Å². The van der Waals surface area contributed by atoms with E-state index in [0.29, 0.717) is 5.69 Å². The number of rotatable bonds is 2. The highest BCUT2D eigenvalue weighted by Crippen LogP contribution is 2.27. The van der Waals surface area contributed by atoms with Crippen LogP contribution in [0, 0.1) is 6.57 Å². The highest BCUT2D eigenvalue weighted by molar-refractivity contribution is 6.32. The molecule has 72 valence electrons. The molecule has 1 rings (SSSR count). The molecule has 0 amide bonds. The Morgan fingerprint density at radius 2 is 2.29 bits per heavy atom. The van der Waals surface area contributed by atoms with Crippen molar-refractivity contribution in [3.05, 3.63) is 40.6 Å². The van der Waals surface area contributed by atoms with E-state index in [9.17, 15) is 0 Å². The Balaban J connectivity index is 3.10. The van der Waals surface area contributed by atoms with E-state index < -0.39 is 0 Å². The molecule has 1 aromatic heterocycles. The van der Waals surface area contributed by atoms with Gasteiger partial charge in [-0.25, -0.2) is 4.85 Å². The minimum atomic E-state index is 0.251. The van der Waals surface area contributed by atoms with Gasteiger partial charge in [0.25, 0.3) is 0 Å². The molecule has 0 N–H and O–H groups in total. The lowest BCUT2D eigenvalue weighted by Gasteiger charge is -2.04. The maximum absolute atomic E-state index is 6.96. The molecule has 0 unspecified atom stereocenters. The van der Waals surface area contributed by atoms with Gasteiger partial charge in [0.1, 0.15) is 5.15 Å². The highest BCUT2D eigenvalue weighted by atomic mass is 35.5. The molecule has 0 saturated carbocycles. The summed E-state index contributed by atoms with van der Waals surface area (Å²) in [6.07, 6.45) is 5.29. The van der Waals surface area contributed by atoms with Gasteiger partial charge in [-0.3, -0.25) is 4.98 Å². The first-order valence-corrected chi connectivity index (χ1v) is 4.39. The third kappa shape index (κ3) is 2.48. The fourth-order valence-corrected chi connectivity index (χ4v) is 1.12. The lowest BCUT2D eigenvalue weighted by atomic mass is 10.2. The van der Waals surface area contributed by atoms with Crippen LogP contribution in [-0.4, -0.2) is 24.0 Å². The second-order valence-corrected chi connectivity index (χ2v) is 3.29.